The van der Waals surface area contributed by atoms with Gasteiger partial charge in [-0.05, 0) is 71.3 Å². The van der Waals surface area contributed by atoms with Crippen molar-refractivity contribution in [2.45, 2.75) is 19.5 Å². The third kappa shape index (κ3) is 7.07. The molecule has 37 heavy (non-hydrogen) atoms. The standard InChI is InChI=1S/C30H29FN2O4/c1-35-28-11-8-25(19-29(28)36-2)30(34)33(20-23-12-15-32-16-13-23)21-24-4-3-5-27(18-24)37-17-14-22-6-9-26(31)10-7-22/h3-13,15-16,18-19H,14,17,20-21H2,1-2H3. The SMILES string of the molecule is COc1ccc(C(=O)N(Cc2ccncc2)Cc2cccc(OCCc3ccc(F)cc3)c2)cc1OC. The normalized spacial score (nSPS) is 10.6. The molecule has 0 radical (unpaired) electrons. The summed E-state index contributed by atoms with van der Waals surface area (Å²) in [5, 5.41) is 0. The van der Waals surface area contributed by atoms with Gasteiger partial charge in [0, 0.05) is 37.5 Å². The Bertz CT molecular complexity index is 1310. The zero-order valence-electron chi connectivity index (χ0n) is 20.9. The summed E-state index contributed by atoms with van der Waals surface area (Å²) in [7, 11) is 3.10. The first-order valence-electron chi connectivity index (χ1n) is 11.9. The molecule has 1 aromatic heterocycles. The summed E-state index contributed by atoms with van der Waals surface area (Å²) in [5.74, 6) is 1.37. The number of nitrogens with zero attached hydrogens (tertiary/aromatic N) is 2. The minimum Gasteiger partial charge on any atom is -0.493 e. The quantitative estimate of drug-likeness (QED) is 0.264. The zero-order chi connectivity index (χ0) is 26.0. The van der Waals surface area contributed by atoms with Gasteiger partial charge in [-0.3, -0.25) is 9.78 Å². The van der Waals surface area contributed by atoms with Gasteiger partial charge in [-0.15, -0.1) is 0 Å². The van der Waals surface area contributed by atoms with Gasteiger partial charge >= 0.3 is 0 Å². The van der Waals surface area contributed by atoms with E-state index in [9.17, 15) is 9.18 Å². The van der Waals surface area contributed by atoms with E-state index >= 15 is 0 Å². The maximum Gasteiger partial charge on any atom is 0.254 e. The molecule has 0 unspecified atom stereocenters. The maximum absolute atomic E-state index is 13.6. The van der Waals surface area contributed by atoms with Crippen molar-refractivity contribution in [1.82, 2.24) is 9.88 Å². The molecule has 1 heterocycles. The molecule has 7 heteroatoms. The van der Waals surface area contributed by atoms with Gasteiger partial charge in [0.2, 0.25) is 0 Å². The van der Waals surface area contributed by atoms with E-state index < -0.39 is 0 Å². The minimum atomic E-state index is -0.253. The van der Waals surface area contributed by atoms with Gasteiger partial charge in [-0.1, -0.05) is 24.3 Å². The van der Waals surface area contributed by atoms with Gasteiger partial charge < -0.3 is 19.1 Å². The van der Waals surface area contributed by atoms with Crippen molar-refractivity contribution in [3.63, 3.8) is 0 Å². The molecule has 0 atom stereocenters. The van der Waals surface area contributed by atoms with Crippen molar-refractivity contribution in [2.75, 3.05) is 20.8 Å². The largest absolute Gasteiger partial charge is 0.493 e. The van der Waals surface area contributed by atoms with E-state index in [4.69, 9.17) is 14.2 Å². The average Bonchev–Trinajstić information content (AvgIpc) is 2.94. The van der Waals surface area contributed by atoms with Crippen LogP contribution in [-0.2, 0) is 19.5 Å². The van der Waals surface area contributed by atoms with Gasteiger partial charge in [0.25, 0.3) is 5.91 Å². The second-order valence-corrected chi connectivity index (χ2v) is 8.46. The third-order valence-corrected chi connectivity index (χ3v) is 5.89. The van der Waals surface area contributed by atoms with Gasteiger partial charge in [0.1, 0.15) is 11.6 Å². The number of amides is 1. The highest BCUT2D eigenvalue weighted by atomic mass is 19.1. The Kier molecular flexibility index (Phi) is 8.70. The Labute approximate surface area is 216 Å². The summed E-state index contributed by atoms with van der Waals surface area (Å²) in [6.45, 7) is 1.25. The topological polar surface area (TPSA) is 60.9 Å². The predicted molar refractivity (Wildman–Crippen MR) is 139 cm³/mol. The van der Waals surface area contributed by atoms with Crippen molar-refractivity contribution in [1.29, 1.82) is 0 Å². The molecule has 190 valence electrons. The fourth-order valence-electron chi connectivity index (χ4n) is 3.95. The van der Waals surface area contributed by atoms with Crippen LogP contribution in [0.1, 0.15) is 27.0 Å². The Morgan fingerprint density at radius 3 is 2.27 bits per heavy atom. The van der Waals surface area contributed by atoms with Crippen LogP contribution in [0.4, 0.5) is 4.39 Å². The number of benzene rings is 3. The van der Waals surface area contributed by atoms with Crippen LogP contribution < -0.4 is 14.2 Å². The lowest BCUT2D eigenvalue weighted by atomic mass is 10.1. The van der Waals surface area contributed by atoms with Crippen molar-refractivity contribution < 1.29 is 23.4 Å². The molecule has 6 nitrogen and oxygen atoms in total. The third-order valence-electron chi connectivity index (χ3n) is 5.89. The van der Waals surface area contributed by atoms with Gasteiger partial charge in [-0.25, -0.2) is 4.39 Å². The molecule has 0 aliphatic heterocycles. The van der Waals surface area contributed by atoms with E-state index in [1.165, 1.54) is 12.1 Å². The smallest absolute Gasteiger partial charge is 0.254 e. The second kappa shape index (κ2) is 12.5. The number of hydrogen-bond donors (Lipinski definition) is 0. The first kappa shape index (κ1) is 25.7. The number of aromatic nitrogens is 1. The Morgan fingerprint density at radius 2 is 1.54 bits per heavy atom. The number of methoxy groups -OCH3 is 2. The molecule has 4 rings (SSSR count). The molecule has 0 saturated heterocycles. The van der Waals surface area contributed by atoms with Crippen LogP contribution in [0.5, 0.6) is 17.2 Å². The molecule has 0 saturated carbocycles. The highest BCUT2D eigenvalue weighted by molar-refractivity contribution is 5.95. The summed E-state index contributed by atoms with van der Waals surface area (Å²) in [6.07, 6.45) is 4.09. The Hall–Kier alpha value is -4.39. The Balaban J connectivity index is 1.50. The Morgan fingerprint density at radius 1 is 0.811 bits per heavy atom. The second-order valence-electron chi connectivity index (χ2n) is 8.46. The average molecular weight is 501 g/mol. The molecule has 0 fully saturated rings. The van der Waals surface area contributed by atoms with Crippen LogP contribution in [0.25, 0.3) is 0 Å². The molecule has 0 bridgehead atoms. The molecule has 4 aromatic rings. The van der Waals surface area contributed by atoms with Crippen LogP contribution in [-0.4, -0.2) is 36.6 Å². The van der Waals surface area contributed by atoms with E-state index in [1.807, 2.05) is 36.4 Å². The fraction of sp³-hybridized carbons (Fsp3) is 0.200. The minimum absolute atomic E-state index is 0.139. The monoisotopic (exact) mass is 500 g/mol. The van der Waals surface area contributed by atoms with Crippen molar-refractivity contribution in [2.24, 2.45) is 0 Å². The van der Waals surface area contributed by atoms with E-state index in [0.717, 1.165) is 16.7 Å². The van der Waals surface area contributed by atoms with E-state index in [-0.39, 0.29) is 11.7 Å². The van der Waals surface area contributed by atoms with Gasteiger partial charge in [0.15, 0.2) is 11.5 Å². The number of hydrogen-bond acceptors (Lipinski definition) is 5. The lowest BCUT2D eigenvalue weighted by molar-refractivity contribution is 0.0729. The van der Waals surface area contributed by atoms with Crippen LogP contribution in [0.3, 0.4) is 0 Å². The predicted octanol–water partition coefficient (Wildman–Crippen LogP) is 5.70. The van der Waals surface area contributed by atoms with Gasteiger partial charge in [-0.2, -0.15) is 0 Å². The molecule has 3 aromatic carbocycles. The molecule has 1 amide bonds. The molecule has 0 aliphatic carbocycles. The van der Waals surface area contributed by atoms with Crippen LogP contribution in [0, 0.1) is 5.82 Å². The lowest BCUT2D eigenvalue weighted by Gasteiger charge is -2.24. The molecular weight excluding hydrogens is 471 g/mol. The number of halogens is 1. The summed E-state index contributed by atoms with van der Waals surface area (Å²) >= 11 is 0. The zero-order valence-corrected chi connectivity index (χ0v) is 20.9. The summed E-state index contributed by atoms with van der Waals surface area (Å²) in [4.78, 5) is 19.5. The molecule has 0 aliphatic rings. The lowest BCUT2D eigenvalue weighted by Crippen LogP contribution is -2.30. The van der Waals surface area contributed by atoms with Crippen LogP contribution in [0.2, 0.25) is 0 Å². The first-order chi connectivity index (χ1) is 18.1. The van der Waals surface area contributed by atoms with E-state index in [2.05, 4.69) is 4.98 Å². The summed E-state index contributed by atoms with van der Waals surface area (Å²) in [6, 6.07) is 23.0. The number of carbonyl (C=O) groups excluding carboxylic acids is 1. The number of pyridine rings is 1. The molecule has 0 N–H and O–H groups in total. The van der Waals surface area contributed by atoms with Crippen molar-refractivity contribution >= 4 is 5.91 Å². The highest BCUT2D eigenvalue weighted by Gasteiger charge is 2.19. The summed E-state index contributed by atoms with van der Waals surface area (Å²) in [5.41, 5.74) is 3.40. The first-order valence-corrected chi connectivity index (χ1v) is 11.9. The molecular formula is C30H29FN2O4. The number of ether oxygens (including phenoxy) is 3. The number of rotatable bonds is 11. The molecule has 0 spiro atoms. The number of carbonyl (C=O) groups is 1. The highest BCUT2D eigenvalue weighted by Crippen LogP contribution is 2.28. The van der Waals surface area contributed by atoms with Crippen LogP contribution >= 0.6 is 0 Å². The van der Waals surface area contributed by atoms with Crippen LogP contribution in [0.15, 0.2) is 91.3 Å². The maximum atomic E-state index is 13.6. The summed E-state index contributed by atoms with van der Waals surface area (Å²) < 4.78 is 29.8. The van der Waals surface area contributed by atoms with E-state index in [0.29, 0.717) is 48.9 Å². The fourth-order valence-corrected chi connectivity index (χ4v) is 3.95. The van der Waals surface area contributed by atoms with E-state index in [1.54, 1.807) is 61.8 Å². The van der Waals surface area contributed by atoms with Crippen molar-refractivity contribution in [3.05, 3.63) is 119 Å². The van der Waals surface area contributed by atoms with Gasteiger partial charge in [0.05, 0.1) is 20.8 Å². The van der Waals surface area contributed by atoms with Crippen molar-refractivity contribution in [3.8, 4) is 17.2 Å².